The van der Waals surface area contributed by atoms with Gasteiger partial charge >= 0.3 is 0 Å². The monoisotopic (exact) mass is 674 g/mol. The zero-order valence-corrected chi connectivity index (χ0v) is 27.4. The molecule has 48 heavy (non-hydrogen) atoms. The lowest BCUT2D eigenvalue weighted by Crippen LogP contribution is -2.37. The molecule has 0 fully saturated rings. The van der Waals surface area contributed by atoms with Crippen LogP contribution in [0.3, 0.4) is 0 Å². The number of aryl methyl sites for hydroxylation is 1. The van der Waals surface area contributed by atoms with Gasteiger partial charge in [-0.1, -0.05) is 48.0 Å². The van der Waals surface area contributed by atoms with E-state index in [2.05, 4.69) is 10.2 Å². The van der Waals surface area contributed by atoms with E-state index < -0.39 is 22.3 Å². The quantitative estimate of drug-likeness (QED) is 0.178. The molecule has 4 aromatic rings. The number of hydrogen-bond donors (Lipinski definition) is 2. The molecule has 0 radical (unpaired) electrons. The van der Waals surface area contributed by atoms with E-state index >= 15 is 0 Å². The van der Waals surface area contributed by atoms with E-state index in [1.807, 2.05) is 43.3 Å². The van der Waals surface area contributed by atoms with Gasteiger partial charge in [-0.25, -0.2) is 0 Å². The van der Waals surface area contributed by atoms with Crippen LogP contribution in [0.4, 0.5) is 0 Å². The second kappa shape index (κ2) is 15.1. The molecule has 0 unspecified atom stereocenters. The van der Waals surface area contributed by atoms with Gasteiger partial charge in [-0.3, -0.25) is 13.9 Å². The van der Waals surface area contributed by atoms with Crippen molar-refractivity contribution in [2.24, 2.45) is 0 Å². The summed E-state index contributed by atoms with van der Waals surface area (Å²) in [7, 11) is -3.93. The molecule has 0 saturated carbocycles. The zero-order chi connectivity index (χ0) is 33.5. The van der Waals surface area contributed by atoms with Crippen LogP contribution in [0.25, 0.3) is 0 Å². The Hall–Kier alpha value is -4.62. The van der Waals surface area contributed by atoms with E-state index in [-0.39, 0.29) is 30.6 Å². The number of benzene rings is 4. The van der Waals surface area contributed by atoms with E-state index in [0.29, 0.717) is 61.3 Å². The Kier molecular flexibility index (Phi) is 10.5. The maximum Gasteiger partial charge on any atom is 0.297 e. The summed E-state index contributed by atoms with van der Waals surface area (Å²) in [5, 5.41) is 13.7. The maximum atomic E-state index is 12.5. The standard InChI is InChI=1S/C36H38N2O9S/c1-25-7-11-32(12-8-25)48(41,42)46-24-31-23-45-35-18-30(10-14-34(35)47-31)44-22-28(39)21-38(20-26-5-3-2-4-6-26)15-16-43-29-9-13-33-27(17-29)19-37-36(33)40/h2-14,17-18,28,31,39H,15-16,19-24H2,1H3,(H,37,40)/t28-,31-/m0/s1. The van der Waals surface area contributed by atoms with Crippen molar-refractivity contribution in [3.8, 4) is 23.0 Å². The van der Waals surface area contributed by atoms with E-state index in [9.17, 15) is 18.3 Å². The van der Waals surface area contributed by atoms with Gasteiger partial charge in [-0.05, 0) is 60.5 Å². The lowest BCUT2D eigenvalue weighted by atomic mass is 10.1. The van der Waals surface area contributed by atoms with Crippen molar-refractivity contribution in [2.45, 2.75) is 37.1 Å². The third-order valence-corrected chi connectivity index (χ3v) is 9.25. The third kappa shape index (κ3) is 8.64. The van der Waals surface area contributed by atoms with Crippen LogP contribution < -0.4 is 24.3 Å². The number of aliphatic hydroxyl groups is 1. The molecule has 252 valence electrons. The Bertz CT molecular complexity index is 1820. The highest BCUT2D eigenvalue weighted by atomic mass is 32.2. The number of carbonyl (C=O) groups is 1. The molecule has 6 rings (SSSR count). The largest absolute Gasteiger partial charge is 0.492 e. The van der Waals surface area contributed by atoms with E-state index in [1.54, 1.807) is 42.5 Å². The number of ether oxygens (including phenoxy) is 4. The molecule has 2 heterocycles. The summed E-state index contributed by atoms with van der Waals surface area (Å²) in [4.78, 5) is 14.0. The normalized spacial score (nSPS) is 15.9. The molecule has 0 aliphatic carbocycles. The first-order chi connectivity index (χ1) is 23.2. The lowest BCUT2D eigenvalue weighted by molar-refractivity contribution is 0.0529. The van der Waals surface area contributed by atoms with Crippen molar-refractivity contribution in [1.82, 2.24) is 10.2 Å². The second-order valence-corrected chi connectivity index (χ2v) is 13.4. The molecule has 1 amide bonds. The summed E-state index contributed by atoms with van der Waals surface area (Å²) < 4.78 is 54.0. The van der Waals surface area contributed by atoms with Gasteiger partial charge in [0.1, 0.15) is 44.0 Å². The number of aliphatic hydroxyl groups excluding tert-OH is 1. The Labute approximate surface area is 280 Å². The van der Waals surface area contributed by atoms with Crippen molar-refractivity contribution >= 4 is 16.0 Å². The van der Waals surface area contributed by atoms with Crippen LogP contribution in [0.15, 0.2) is 95.9 Å². The summed E-state index contributed by atoms with van der Waals surface area (Å²) in [6, 6.07) is 27.0. The van der Waals surface area contributed by atoms with Crippen LogP contribution in [0.1, 0.15) is 27.0 Å². The van der Waals surface area contributed by atoms with Gasteiger partial charge < -0.3 is 29.4 Å². The summed E-state index contributed by atoms with van der Waals surface area (Å²) in [6.07, 6.45) is -1.41. The molecule has 0 aromatic heterocycles. The number of carbonyl (C=O) groups excluding carboxylic acids is 1. The van der Waals surface area contributed by atoms with Gasteiger partial charge in [-0.2, -0.15) is 8.42 Å². The molecule has 0 bridgehead atoms. The molecule has 0 saturated heterocycles. The first kappa shape index (κ1) is 33.3. The van der Waals surface area contributed by atoms with Crippen molar-refractivity contribution in [2.75, 3.05) is 39.5 Å². The minimum atomic E-state index is -3.93. The Morgan fingerprint density at radius 1 is 0.958 bits per heavy atom. The van der Waals surface area contributed by atoms with Gasteiger partial charge in [0.15, 0.2) is 17.6 Å². The number of hydrogen-bond acceptors (Lipinski definition) is 10. The molecule has 11 nitrogen and oxygen atoms in total. The van der Waals surface area contributed by atoms with Crippen molar-refractivity contribution < 1.29 is 41.4 Å². The molecule has 2 aliphatic rings. The Morgan fingerprint density at radius 2 is 1.73 bits per heavy atom. The van der Waals surface area contributed by atoms with Gasteiger partial charge in [0, 0.05) is 37.8 Å². The maximum absolute atomic E-state index is 12.5. The molecule has 0 spiro atoms. The fourth-order valence-corrected chi connectivity index (χ4v) is 6.35. The fourth-order valence-electron chi connectivity index (χ4n) is 5.42. The predicted molar refractivity (Wildman–Crippen MR) is 177 cm³/mol. The minimum absolute atomic E-state index is 0.0466. The van der Waals surface area contributed by atoms with E-state index in [1.165, 1.54) is 12.1 Å². The van der Waals surface area contributed by atoms with Gasteiger partial charge in [-0.15, -0.1) is 0 Å². The minimum Gasteiger partial charge on any atom is -0.492 e. The van der Waals surface area contributed by atoms with Gasteiger partial charge in [0.2, 0.25) is 0 Å². The highest BCUT2D eigenvalue weighted by molar-refractivity contribution is 7.86. The number of nitrogens with zero attached hydrogens (tertiary/aromatic N) is 1. The predicted octanol–water partition coefficient (Wildman–Crippen LogP) is 4.10. The molecular formula is C36H38N2O9S. The highest BCUT2D eigenvalue weighted by Gasteiger charge is 2.26. The fraction of sp³-hybridized carbons (Fsp3) is 0.306. The SMILES string of the molecule is Cc1ccc(S(=O)(=O)OC[C@@H]2COc3cc(OC[C@@H](O)CN(CCOc4ccc5c(c4)CNC5=O)Cc4ccccc4)ccc3O2)cc1. The molecule has 2 N–H and O–H groups in total. The summed E-state index contributed by atoms with van der Waals surface area (Å²) >= 11 is 0. The summed E-state index contributed by atoms with van der Waals surface area (Å²) in [6.45, 7) is 4.23. The van der Waals surface area contributed by atoms with Gasteiger partial charge in [0.05, 0.1) is 4.90 Å². The van der Waals surface area contributed by atoms with Crippen molar-refractivity contribution in [3.05, 3.63) is 113 Å². The Morgan fingerprint density at radius 3 is 2.54 bits per heavy atom. The first-order valence-electron chi connectivity index (χ1n) is 15.7. The highest BCUT2D eigenvalue weighted by Crippen LogP contribution is 2.35. The van der Waals surface area contributed by atoms with Crippen LogP contribution in [0.2, 0.25) is 0 Å². The first-order valence-corrected chi connectivity index (χ1v) is 17.1. The van der Waals surface area contributed by atoms with Crippen LogP contribution in [-0.4, -0.2) is 76.1 Å². The second-order valence-electron chi connectivity index (χ2n) is 11.7. The molecular weight excluding hydrogens is 636 g/mol. The lowest BCUT2D eigenvalue weighted by Gasteiger charge is -2.27. The van der Waals surface area contributed by atoms with E-state index in [0.717, 1.165) is 16.7 Å². The number of nitrogens with one attached hydrogen (secondary N) is 1. The molecule has 2 atom stereocenters. The van der Waals surface area contributed by atoms with Crippen LogP contribution in [0.5, 0.6) is 23.0 Å². The van der Waals surface area contributed by atoms with E-state index in [4.69, 9.17) is 23.1 Å². The van der Waals surface area contributed by atoms with Crippen LogP contribution in [-0.2, 0) is 27.4 Å². The van der Waals surface area contributed by atoms with Crippen LogP contribution in [0, 0.1) is 6.92 Å². The summed E-state index contributed by atoms with van der Waals surface area (Å²) in [5.41, 5.74) is 3.65. The average molecular weight is 675 g/mol. The van der Waals surface area contributed by atoms with Crippen LogP contribution >= 0.6 is 0 Å². The smallest absolute Gasteiger partial charge is 0.297 e. The molecule has 4 aromatic carbocycles. The third-order valence-electron chi connectivity index (χ3n) is 7.95. The number of amides is 1. The summed E-state index contributed by atoms with van der Waals surface area (Å²) in [5.74, 6) is 2.01. The molecule has 2 aliphatic heterocycles. The van der Waals surface area contributed by atoms with Gasteiger partial charge in [0.25, 0.3) is 16.0 Å². The number of fused-ring (bicyclic) bond motifs is 2. The zero-order valence-electron chi connectivity index (χ0n) is 26.5. The molecule has 12 heteroatoms. The average Bonchev–Trinajstić information content (AvgIpc) is 3.46. The van der Waals surface area contributed by atoms with Crippen molar-refractivity contribution in [1.29, 1.82) is 0 Å². The number of rotatable bonds is 15. The Balaban J connectivity index is 0.989. The van der Waals surface area contributed by atoms with Crippen molar-refractivity contribution in [3.63, 3.8) is 0 Å². The topological polar surface area (TPSA) is 133 Å².